The van der Waals surface area contributed by atoms with E-state index in [2.05, 4.69) is 6.92 Å². The van der Waals surface area contributed by atoms with Gasteiger partial charge in [-0.25, -0.2) is 0 Å². The van der Waals surface area contributed by atoms with Gasteiger partial charge < -0.3 is 4.74 Å². The molecule has 0 saturated carbocycles. The first-order valence-corrected chi connectivity index (χ1v) is 4.27. The fraction of sp³-hybridized carbons (Fsp3) is 0.889. The Morgan fingerprint density at radius 1 is 1.55 bits per heavy atom. The Labute approximate surface area is 68.9 Å². The molecule has 0 rings (SSSR count). The van der Waals surface area contributed by atoms with Crippen molar-refractivity contribution in [2.24, 2.45) is 0 Å². The van der Waals surface area contributed by atoms with E-state index in [1.165, 1.54) is 0 Å². The molecule has 0 N–H and O–H groups in total. The zero-order valence-electron chi connectivity index (χ0n) is 7.72. The Kier molecular flexibility index (Phi) is 6.13. The predicted molar refractivity (Wildman–Crippen MR) is 45.6 cm³/mol. The van der Waals surface area contributed by atoms with Gasteiger partial charge in [0.2, 0.25) is 0 Å². The van der Waals surface area contributed by atoms with Gasteiger partial charge in [0.1, 0.15) is 5.78 Å². The van der Waals surface area contributed by atoms with Crippen molar-refractivity contribution in [1.82, 2.24) is 0 Å². The van der Waals surface area contributed by atoms with Crippen molar-refractivity contribution in [1.29, 1.82) is 0 Å². The number of ether oxygens (including phenoxy) is 1. The van der Waals surface area contributed by atoms with E-state index in [1.807, 2.05) is 6.92 Å². The molecule has 0 aliphatic heterocycles. The highest BCUT2D eigenvalue weighted by Gasteiger charge is 2.00. The van der Waals surface area contributed by atoms with E-state index in [-0.39, 0.29) is 5.78 Å². The van der Waals surface area contributed by atoms with Crippen LogP contribution >= 0.6 is 0 Å². The van der Waals surface area contributed by atoms with Crippen molar-refractivity contribution >= 4 is 5.78 Å². The number of rotatable bonds is 6. The average Bonchev–Trinajstić information content (AvgIpc) is 1.87. The first-order valence-electron chi connectivity index (χ1n) is 4.27. The van der Waals surface area contributed by atoms with Crippen molar-refractivity contribution in [3.05, 3.63) is 0 Å². The second-order valence-corrected chi connectivity index (χ2v) is 2.92. The van der Waals surface area contributed by atoms with E-state index in [1.54, 1.807) is 6.92 Å². The van der Waals surface area contributed by atoms with Gasteiger partial charge in [-0.05, 0) is 20.3 Å². The summed E-state index contributed by atoms with van der Waals surface area (Å²) in [5.74, 6) is 0.202. The van der Waals surface area contributed by atoms with Gasteiger partial charge in [0.05, 0.1) is 12.7 Å². The normalized spacial score (nSPS) is 13.0. The summed E-state index contributed by atoms with van der Waals surface area (Å²) in [7, 11) is 0. The third-order valence-corrected chi connectivity index (χ3v) is 1.55. The number of hydrogen-bond donors (Lipinski definition) is 0. The lowest BCUT2D eigenvalue weighted by molar-refractivity contribution is -0.118. The smallest absolute Gasteiger partial charge is 0.132 e. The molecule has 2 nitrogen and oxygen atoms in total. The largest absolute Gasteiger partial charge is 0.378 e. The number of carbonyl (C=O) groups excluding carboxylic acids is 1. The molecular formula is C9H18O2. The maximum absolute atomic E-state index is 10.5. The number of hydrogen-bond acceptors (Lipinski definition) is 2. The number of ketones is 1. The fourth-order valence-corrected chi connectivity index (χ4v) is 0.894. The molecular weight excluding hydrogens is 140 g/mol. The second kappa shape index (κ2) is 6.35. The summed E-state index contributed by atoms with van der Waals surface area (Å²) in [6, 6.07) is 0. The topological polar surface area (TPSA) is 26.3 Å². The van der Waals surface area contributed by atoms with Crippen molar-refractivity contribution in [3.63, 3.8) is 0 Å². The summed E-state index contributed by atoms with van der Waals surface area (Å²) >= 11 is 0. The average molecular weight is 158 g/mol. The van der Waals surface area contributed by atoms with Crippen LogP contribution in [-0.4, -0.2) is 18.5 Å². The minimum absolute atomic E-state index is 0.202. The van der Waals surface area contributed by atoms with E-state index >= 15 is 0 Å². The lowest BCUT2D eigenvalue weighted by Crippen LogP contribution is -2.10. The second-order valence-electron chi connectivity index (χ2n) is 2.92. The van der Waals surface area contributed by atoms with Crippen LogP contribution in [0.2, 0.25) is 0 Å². The molecule has 0 aromatic rings. The standard InChI is InChI=1S/C9H18O2/c1-4-5-9(3)11-7-6-8(2)10/h9H,4-7H2,1-3H3. The first kappa shape index (κ1) is 10.6. The van der Waals surface area contributed by atoms with Crippen molar-refractivity contribution in [2.45, 2.75) is 46.1 Å². The third kappa shape index (κ3) is 7.53. The fourth-order valence-electron chi connectivity index (χ4n) is 0.894. The molecule has 0 heterocycles. The highest BCUT2D eigenvalue weighted by Crippen LogP contribution is 2.00. The monoisotopic (exact) mass is 158 g/mol. The van der Waals surface area contributed by atoms with E-state index in [9.17, 15) is 4.79 Å². The molecule has 2 heteroatoms. The SMILES string of the molecule is CCCC(C)OCCC(C)=O. The van der Waals surface area contributed by atoms with Gasteiger partial charge in [-0.3, -0.25) is 4.79 Å². The number of carbonyl (C=O) groups is 1. The van der Waals surface area contributed by atoms with Crippen molar-refractivity contribution in [2.75, 3.05) is 6.61 Å². The lowest BCUT2D eigenvalue weighted by atomic mass is 10.2. The number of Topliss-reactive ketones (excluding diaryl/α,β-unsaturated/α-hetero) is 1. The molecule has 0 aromatic heterocycles. The molecule has 0 fully saturated rings. The van der Waals surface area contributed by atoms with Gasteiger partial charge >= 0.3 is 0 Å². The molecule has 0 saturated heterocycles. The predicted octanol–water partition coefficient (Wildman–Crippen LogP) is 2.17. The van der Waals surface area contributed by atoms with E-state index in [0.717, 1.165) is 12.8 Å². The first-order chi connectivity index (χ1) is 5.16. The van der Waals surface area contributed by atoms with Crippen LogP contribution in [0, 0.1) is 0 Å². The molecule has 0 aliphatic rings. The van der Waals surface area contributed by atoms with E-state index in [0.29, 0.717) is 19.1 Å². The zero-order chi connectivity index (χ0) is 8.69. The van der Waals surface area contributed by atoms with Gasteiger partial charge in [0, 0.05) is 6.42 Å². The molecule has 0 amide bonds. The van der Waals surface area contributed by atoms with E-state index in [4.69, 9.17) is 4.74 Å². The van der Waals surface area contributed by atoms with Crippen LogP contribution < -0.4 is 0 Å². The summed E-state index contributed by atoms with van der Waals surface area (Å²) in [6.45, 7) is 6.35. The van der Waals surface area contributed by atoms with Crippen LogP contribution in [0.5, 0.6) is 0 Å². The lowest BCUT2D eigenvalue weighted by Gasteiger charge is -2.10. The summed E-state index contributed by atoms with van der Waals surface area (Å²) in [5, 5.41) is 0. The molecule has 66 valence electrons. The van der Waals surface area contributed by atoms with Gasteiger partial charge in [0.15, 0.2) is 0 Å². The maximum atomic E-state index is 10.5. The highest BCUT2D eigenvalue weighted by molar-refractivity contribution is 5.75. The van der Waals surface area contributed by atoms with Crippen LogP contribution in [0.3, 0.4) is 0 Å². The molecule has 0 aliphatic carbocycles. The molecule has 1 atom stereocenters. The summed E-state index contributed by atoms with van der Waals surface area (Å²) in [5.41, 5.74) is 0. The third-order valence-electron chi connectivity index (χ3n) is 1.55. The van der Waals surface area contributed by atoms with Crippen LogP contribution in [0.25, 0.3) is 0 Å². The van der Waals surface area contributed by atoms with E-state index < -0.39 is 0 Å². The van der Waals surface area contributed by atoms with Gasteiger partial charge in [0.25, 0.3) is 0 Å². The van der Waals surface area contributed by atoms with Gasteiger partial charge in [-0.2, -0.15) is 0 Å². The zero-order valence-corrected chi connectivity index (χ0v) is 7.72. The van der Waals surface area contributed by atoms with Crippen LogP contribution in [0.15, 0.2) is 0 Å². The van der Waals surface area contributed by atoms with Crippen molar-refractivity contribution in [3.8, 4) is 0 Å². The van der Waals surface area contributed by atoms with Gasteiger partial charge in [-0.1, -0.05) is 13.3 Å². The quantitative estimate of drug-likeness (QED) is 0.592. The minimum Gasteiger partial charge on any atom is -0.378 e. The summed E-state index contributed by atoms with van der Waals surface area (Å²) in [6.07, 6.45) is 3.08. The molecule has 0 aromatic carbocycles. The minimum atomic E-state index is 0.202. The Bertz CT molecular complexity index is 110. The molecule has 0 radical (unpaired) electrons. The molecule has 1 unspecified atom stereocenters. The Hall–Kier alpha value is -0.370. The Balaban J connectivity index is 3.16. The van der Waals surface area contributed by atoms with Crippen molar-refractivity contribution < 1.29 is 9.53 Å². The van der Waals surface area contributed by atoms with Gasteiger partial charge in [-0.15, -0.1) is 0 Å². The Morgan fingerprint density at radius 3 is 2.64 bits per heavy atom. The molecule has 11 heavy (non-hydrogen) atoms. The van der Waals surface area contributed by atoms with Crippen LogP contribution in [-0.2, 0) is 9.53 Å². The van der Waals surface area contributed by atoms with Crippen LogP contribution in [0.4, 0.5) is 0 Å². The summed E-state index contributed by atoms with van der Waals surface area (Å²) < 4.78 is 5.37. The van der Waals surface area contributed by atoms with Crippen LogP contribution in [0.1, 0.15) is 40.0 Å². The highest BCUT2D eigenvalue weighted by atomic mass is 16.5. The molecule has 0 bridgehead atoms. The molecule has 0 spiro atoms. The maximum Gasteiger partial charge on any atom is 0.132 e. The summed E-state index contributed by atoms with van der Waals surface area (Å²) in [4.78, 5) is 10.5. The Morgan fingerprint density at radius 2 is 2.18 bits per heavy atom.